The predicted octanol–water partition coefficient (Wildman–Crippen LogP) is 2.87. The SMILES string of the molecule is Cc1cc([N+](=O)[O-])c(C)cc1N1CC(CN=[N+]=[N-])CC1=O. The van der Waals surface area contributed by atoms with E-state index in [1.807, 2.05) is 0 Å². The summed E-state index contributed by atoms with van der Waals surface area (Å²) in [5.41, 5.74) is 10.3. The fraction of sp³-hybridized carbons (Fsp3) is 0.462. The van der Waals surface area contributed by atoms with Crippen LogP contribution >= 0.6 is 0 Å². The van der Waals surface area contributed by atoms with E-state index >= 15 is 0 Å². The summed E-state index contributed by atoms with van der Waals surface area (Å²) < 4.78 is 0. The maximum absolute atomic E-state index is 12.1. The van der Waals surface area contributed by atoms with Gasteiger partial charge in [-0.1, -0.05) is 5.11 Å². The second-order valence-corrected chi connectivity index (χ2v) is 5.17. The Morgan fingerprint density at radius 2 is 2.19 bits per heavy atom. The normalized spacial score (nSPS) is 17.7. The fourth-order valence-electron chi connectivity index (χ4n) is 2.56. The molecule has 0 aliphatic carbocycles. The number of azide groups is 1. The van der Waals surface area contributed by atoms with E-state index in [-0.39, 0.29) is 24.1 Å². The largest absolute Gasteiger partial charge is 0.312 e. The van der Waals surface area contributed by atoms with E-state index in [1.165, 1.54) is 6.07 Å². The first-order valence-electron chi connectivity index (χ1n) is 6.51. The molecule has 1 fully saturated rings. The van der Waals surface area contributed by atoms with Gasteiger partial charge in [0, 0.05) is 41.7 Å². The van der Waals surface area contributed by atoms with Gasteiger partial charge in [0.1, 0.15) is 0 Å². The topological polar surface area (TPSA) is 112 Å². The van der Waals surface area contributed by atoms with Gasteiger partial charge >= 0.3 is 0 Å². The number of carbonyl (C=O) groups is 1. The number of aryl methyl sites for hydroxylation is 2. The molecule has 0 N–H and O–H groups in total. The lowest BCUT2D eigenvalue weighted by Gasteiger charge is -2.19. The highest BCUT2D eigenvalue weighted by atomic mass is 16.6. The molecule has 8 nitrogen and oxygen atoms in total. The molecule has 1 unspecified atom stereocenters. The average Bonchev–Trinajstić information content (AvgIpc) is 2.79. The number of anilines is 1. The lowest BCUT2D eigenvalue weighted by Crippen LogP contribution is -2.25. The Balaban J connectivity index is 2.30. The van der Waals surface area contributed by atoms with Crippen LogP contribution in [0.4, 0.5) is 11.4 Å². The zero-order valence-corrected chi connectivity index (χ0v) is 11.8. The summed E-state index contributed by atoms with van der Waals surface area (Å²) in [6.45, 7) is 4.15. The van der Waals surface area contributed by atoms with Crippen molar-refractivity contribution in [2.45, 2.75) is 20.3 Å². The van der Waals surface area contributed by atoms with Gasteiger partial charge in [-0.25, -0.2) is 0 Å². The molecule has 1 heterocycles. The van der Waals surface area contributed by atoms with Crippen LogP contribution in [0.15, 0.2) is 17.2 Å². The summed E-state index contributed by atoms with van der Waals surface area (Å²) in [7, 11) is 0. The minimum absolute atomic E-state index is 0.0108. The monoisotopic (exact) mass is 289 g/mol. The lowest BCUT2D eigenvalue weighted by molar-refractivity contribution is -0.385. The number of hydrogen-bond acceptors (Lipinski definition) is 4. The van der Waals surface area contributed by atoms with Crippen molar-refractivity contribution in [1.29, 1.82) is 0 Å². The molecule has 0 spiro atoms. The molecule has 0 aromatic heterocycles. The summed E-state index contributed by atoms with van der Waals surface area (Å²) in [6.07, 6.45) is 0.328. The zero-order chi connectivity index (χ0) is 15.6. The van der Waals surface area contributed by atoms with Crippen LogP contribution in [0.3, 0.4) is 0 Å². The molecule has 1 aliphatic heterocycles. The first-order valence-corrected chi connectivity index (χ1v) is 6.51. The molecular weight excluding hydrogens is 274 g/mol. The van der Waals surface area contributed by atoms with Crippen LogP contribution in [0.25, 0.3) is 10.4 Å². The minimum Gasteiger partial charge on any atom is -0.312 e. The molecule has 1 aromatic rings. The van der Waals surface area contributed by atoms with Crippen LogP contribution in [0.1, 0.15) is 17.5 Å². The van der Waals surface area contributed by atoms with Crippen LogP contribution in [-0.2, 0) is 4.79 Å². The highest BCUT2D eigenvalue weighted by molar-refractivity contribution is 5.96. The van der Waals surface area contributed by atoms with E-state index in [2.05, 4.69) is 10.0 Å². The summed E-state index contributed by atoms with van der Waals surface area (Å²) in [6, 6.07) is 3.15. The van der Waals surface area contributed by atoms with Gasteiger partial charge in [0.15, 0.2) is 0 Å². The van der Waals surface area contributed by atoms with E-state index in [1.54, 1.807) is 24.8 Å². The first-order chi connectivity index (χ1) is 9.93. The van der Waals surface area contributed by atoms with Crippen molar-refractivity contribution < 1.29 is 9.72 Å². The van der Waals surface area contributed by atoms with Crippen LogP contribution in [0, 0.1) is 29.9 Å². The van der Waals surface area contributed by atoms with Crippen LogP contribution in [0.2, 0.25) is 0 Å². The van der Waals surface area contributed by atoms with Crippen molar-refractivity contribution in [2.24, 2.45) is 11.0 Å². The zero-order valence-electron chi connectivity index (χ0n) is 11.8. The van der Waals surface area contributed by atoms with E-state index in [4.69, 9.17) is 5.53 Å². The van der Waals surface area contributed by atoms with Gasteiger partial charge in [0.2, 0.25) is 5.91 Å². The number of nitro groups is 1. The Morgan fingerprint density at radius 3 is 2.81 bits per heavy atom. The van der Waals surface area contributed by atoms with Crippen molar-refractivity contribution in [3.05, 3.63) is 43.8 Å². The second kappa shape index (κ2) is 5.80. The molecule has 2 rings (SSSR count). The first kappa shape index (κ1) is 14.8. The van der Waals surface area contributed by atoms with Gasteiger partial charge in [0.25, 0.3) is 5.69 Å². The summed E-state index contributed by atoms with van der Waals surface area (Å²) >= 11 is 0. The smallest absolute Gasteiger partial charge is 0.272 e. The van der Waals surface area contributed by atoms with Crippen LogP contribution < -0.4 is 4.90 Å². The predicted molar refractivity (Wildman–Crippen MR) is 77.0 cm³/mol. The van der Waals surface area contributed by atoms with Crippen LogP contribution in [0.5, 0.6) is 0 Å². The van der Waals surface area contributed by atoms with Crippen molar-refractivity contribution in [3.63, 3.8) is 0 Å². The van der Waals surface area contributed by atoms with Gasteiger partial charge in [-0.2, -0.15) is 0 Å². The van der Waals surface area contributed by atoms with Gasteiger partial charge in [-0.05, 0) is 36.9 Å². The van der Waals surface area contributed by atoms with Gasteiger partial charge in [0.05, 0.1) is 4.92 Å². The third kappa shape index (κ3) is 2.95. The van der Waals surface area contributed by atoms with Gasteiger partial charge in [-0.3, -0.25) is 14.9 Å². The Hall–Kier alpha value is -2.60. The number of nitro benzene ring substituents is 1. The standard InChI is InChI=1S/C13H15N5O3/c1-8-4-12(18(20)21)9(2)3-11(8)17-7-10(5-13(17)19)6-15-16-14/h3-4,10H,5-7H2,1-2H3. The molecule has 110 valence electrons. The second-order valence-electron chi connectivity index (χ2n) is 5.17. The van der Waals surface area contributed by atoms with Crippen molar-refractivity contribution in [3.8, 4) is 0 Å². The maximum Gasteiger partial charge on any atom is 0.272 e. The number of benzene rings is 1. The van der Waals surface area contributed by atoms with E-state index in [0.717, 1.165) is 0 Å². The molecule has 1 aromatic carbocycles. The maximum atomic E-state index is 12.1. The highest BCUT2D eigenvalue weighted by Crippen LogP contribution is 2.32. The Bertz CT molecular complexity index is 651. The molecule has 1 atom stereocenters. The van der Waals surface area contributed by atoms with Crippen LogP contribution in [-0.4, -0.2) is 23.9 Å². The van der Waals surface area contributed by atoms with E-state index < -0.39 is 4.92 Å². The third-order valence-corrected chi connectivity index (χ3v) is 3.61. The molecular formula is C13H15N5O3. The molecule has 21 heavy (non-hydrogen) atoms. The Morgan fingerprint density at radius 1 is 1.48 bits per heavy atom. The molecule has 0 saturated carbocycles. The highest BCUT2D eigenvalue weighted by Gasteiger charge is 2.31. The van der Waals surface area contributed by atoms with E-state index in [9.17, 15) is 14.9 Å². The average molecular weight is 289 g/mol. The molecule has 1 saturated heterocycles. The number of amides is 1. The number of rotatable bonds is 4. The molecule has 1 aliphatic rings. The fourth-order valence-corrected chi connectivity index (χ4v) is 2.56. The van der Waals surface area contributed by atoms with Crippen molar-refractivity contribution >= 4 is 17.3 Å². The van der Waals surface area contributed by atoms with E-state index in [0.29, 0.717) is 29.8 Å². The molecule has 0 bridgehead atoms. The van der Waals surface area contributed by atoms with Crippen molar-refractivity contribution in [1.82, 2.24) is 0 Å². The third-order valence-electron chi connectivity index (χ3n) is 3.61. The Kier molecular flexibility index (Phi) is 4.09. The molecule has 0 radical (unpaired) electrons. The molecule has 1 amide bonds. The summed E-state index contributed by atoms with van der Waals surface area (Å²) in [5, 5.41) is 14.4. The van der Waals surface area contributed by atoms with Gasteiger partial charge in [-0.15, -0.1) is 0 Å². The summed E-state index contributed by atoms with van der Waals surface area (Å²) in [5.74, 6) is -0.0622. The summed E-state index contributed by atoms with van der Waals surface area (Å²) in [4.78, 5) is 26.9. The number of carbonyl (C=O) groups excluding carboxylic acids is 1. The quantitative estimate of drug-likeness (QED) is 0.279. The number of nitrogens with zero attached hydrogens (tertiary/aromatic N) is 5. The Labute approximate surface area is 121 Å². The molecule has 8 heteroatoms. The van der Waals surface area contributed by atoms with Crippen molar-refractivity contribution in [2.75, 3.05) is 18.0 Å². The lowest BCUT2D eigenvalue weighted by atomic mass is 10.1. The minimum atomic E-state index is -0.428. The van der Waals surface area contributed by atoms with Gasteiger partial charge < -0.3 is 4.90 Å². The number of hydrogen-bond donors (Lipinski definition) is 0.